The van der Waals surface area contributed by atoms with Crippen molar-refractivity contribution in [3.05, 3.63) is 17.0 Å². The quantitative estimate of drug-likeness (QED) is 0.851. The van der Waals surface area contributed by atoms with E-state index in [1.165, 1.54) is 5.56 Å². The Bertz CT molecular complexity index is 466. The van der Waals surface area contributed by atoms with Crippen LogP contribution in [0.1, 0.15) is 61.9 Å². The molecule has 1 heterocycles. The van der Waals surface area contributed by atoms with Crippen LogP contribution in [-0.4, -0.2) is 27.4 Å². The lowest BCUT2D eigenvalue weighted by Gasteiger charge is -2.24. The number of carboxylic acid groups (broad SMARTS) is 1. The molecule has 1 aromatic heterocycles. The first kappa shape index (κ1) is 14.1. The van der Waals surface area contributed by atoms with Gasteiger partial charge < -0.3 is 10.8 Å². The molecule has 5 heteroatoms. The van der Waals surface area contributed by atoms with Crippen LogP contribution in [0.3, 0.4) is 0 Å². The second-order valence-electron chi connectivity index (χ2n) is 5.62. The Morgan fingerprint density at radius 1 is 1.58 bits per heavy atom. The first-order valence-corrected chi connectivity index (χ1v) is 7.06. The molecule has 0 spiro atoms. The van der Waals surface area contributed by atoms with Crippen LogP contribution in [0.2, 0.25) is 0 Å². The third-order valence-electron chi connectivity index (χ3n) is 3.85. The topological polar surface area (TPSA) is 81.1 Å². The number of carbonyl (C=O) groups is 1. The Morgan fingerprint density at radius 2 is 2.32 bits per heavy atom. The smallest absolute Gasteiger partial charge is 0.325 e. The van der Waals surface area contributed by atoms with Crippen molar-refractivity contribution in [2.24, 2.45) is 5.73 Å². The molecule has 0 bridgehead atoms. The summed E-state index contributed by atoms with van der Waals surface area (Å²) in [6, 6.07) is 0. The van der Waals surface area contributed by atoms with E-state index in [4.69, 9.17) is 10.8 Å². The van der Waals surface area contributed by atoms with E-state index in [-0.39, 0.29) is 6.54 Å². The van der Waals surface area contributed by atoms with Crippen molar-refractivity contribution in [3.63, 3.8) is 0 Å². The summed E-state index contributed by atoms with van der Waals surface area (Å²) in [4.78, 5) is 11.0. The van der Waals surface area contributed by atoms with E-state index < -0.39 is 5.97 Å². The molecule has 1 aliphatic rings. The predicted molar refractivity (Wildman–Crippen MR) is 73.3 cm³/mol. The molecular formula is C14H23N3O2. The Kier molecular flexibility index (Phi) is 4.24. The van der Waals surface area contributed by atoms with Gasteiger partial charge in [-0.2, -0.15) is 5.10 Å². The minimum absolute atomic E-state index is 0.0373. The summed E-state index contributed by atoms with van der Waals surface area (Å²) in [5, 5.41) is 13.6. The number of carboxylic acids is 1. The fourth-order valence-electron chi connectivity index (χ4n) is 3.08. The Balaban J connectivity index is 2.45. The van der Waals surface area contributed by atoms with Gasteiger partial charge in [0, 0.05) is 5.69 Å². The highest BCUT2D eigenvalue weighted by Gasteiger charge is 2.29. The van der Waals surface area contributed by atoms with Gasteiger partial charge in [-0.25, -0.2) is 0 Å². The van der Waals surface area contributed by atoms with Crippen LogP contribution in [0, 0.1) is 0 Å². The fourth-order valence-corrected chi connectivity index (χ4v) is 3.08. The van der Waals surface area contributed by atoms with Gasteiger partial charge in [0.25, 0.3) is 0 Å². The standard InChI is InChI=1S/C14H23N3O2/c1-9(2)14-13-10(6-7-15)4-3-5-11(13)17(16-14)8-12(18)19/h9-10H,3-8,15H2,1-2H3,(H,18,19). The molecule has 1 aromatic rings. The molecule has 5 nitrogen and oxygen atoms in total. The summed E-state index contributed by atoms with van der Waals surface area (Å²) >= 11 is 0. The van der Waals surface area contributed by atoms with Crippen LogP contribution in [0.4, 0.5) is 0 Å². The average molecular weight is 265 g/mol. The van der Waals surface area contributed by atoms with Crippen LogP contribution >= 0.6 is 0 Å². The fraction of sp³-hybridized carbons (Fsp3) is 0.714. The van der Waals surface area contributed by atoms with Gasteiger partial charge in [-0.1, -0.05) is 13.8 Å². The van der Waals surface area contributed by atoms with Crippen molar-refractivity contribution in [2.75, 3.05) is 6.54 Å². The van der Waals surface area contributed by atoms with Gasteiger partial charge in [0.2, 0.25) is 0 Å². The number of nitrogens with zero attached hydrogens (tertiary/aromatic N) is 2. The van der Waals surface area contributed by atoms with Crippen LogP contribution in [0.25, 0.3) is 0 Å². The number of rotatable bonds is 5. The third kappa shape index (κ3) is 2.81. The Morgan fingerprint density at radius 3 is 2.89 bits per heavy atom. The minimum Gasteiger partial charge on any atom is -0.480 e. The first-order chi connectivity index (χ1) is 9.04. The lowest BCUT2D eigenvalue weighted by atomic mass is 9.81. The molecule has 3 N–H and O–H groups in total. The van der Waals surface area contributed by atoms with Crippen molar-refractivity contribution in [1.29, 1.82) is 0 Å². The van der Waals surface area contributed by atoms with Crippen LogP contribution in [-0.2, 0) is 17.8 Å². The highest BCUT2D eigenvalue weighted by Crippen LogP contribution is 2.38. The molecule has 19 heavy (non-hydrogen) atoms. The van der Waals surface area contributed by atoms with E-state index in [0.717, 1.165) is 37.1 Å². The summed E-state index contributed by atoms with van der Waals surface area (Å²) < 4.78 is 1.69. The van der Waals surface area contributed by atoms with Gasteiger partial charge in [-0.05, 0) is 49.6 Å². The molecule has 106 valence electrons. The molecule has 1 unspecified atom stereocenters. The molecule has 0 saturated heterocycles. The Labute approximate surface area is 113 Å². The Hall–Kier alpha value is -1.36. The van der Waals surface area contributed by atoms with Gasteiger partial charge in [0.15, 0.2) is 0 Å². The zero-order chi connectivity index (χ0) is 14.0. The third-order valence-corrected chi connectivity index (χ3v) is 3.85. The molecular weight excluding hydrogens is 242 g/mol. The van der Waals surface area contributed by atoms with E-state index in [1.807, 2.05) is 0 Å². The lowest BCUT2D eigenvalue weighted by Crippen LogP contribution is -2.18. The molecule has 2 rings (SSSR count). The largest absolute Gasteiger partial charge is 0.480 e. The minimum atomic E-state index is -0.832. The zero-order valence-corrected chi connectivity index (χ0v) is 11.7. The van der Waals surface area contributed by atoms with Crippen LogP contribution < -0.4 is 5.73 Å². The second kappa shape index (κ2) is 5.74. The van der Waals surface area contributed by atoms with Crippen molar-refractivity contribution >= 4 is 5.97 Å². The zero-order valence-electron chi connectivity index (χ0n) is 11.7. The van der Waals surface area contributed by atoms with Crippen LogP contribution in [0.15, 0.2) is 0 Å². The van der Waals surface area contributed by atoms with E-state index >= 15 is 0 Å². The maximum absolute atomic E-state index is 11.0. The predicted octanol–water partition coefficient (Wildman–Crippen LogP) is 1.86. The van der Waals surface area contributed by atoms with Crippen molar-refractivity contribution in [3.8, 4) is 0 Å². The van der Waals surface area contributed by atoms with Crippen LogP contribution in [0.5, 0.6) is 0 Å². The van der Waals surface area contributed by atoms with Gasteiger partial charge in [-0.3, -0.25) is 9.48 Å². The maximum Gasteiger partial charge on any atom is 0.325 e. The molecule has 0 radical (unpaired) electrons. The molecule has 0 aromatic carbocycles. The highest BCUT2D eigenvalue weighted by atomic mass is 16.4. The van der Waals surface area contributed by atoms with Crippen molar-refractivity contribution in [1.82, 2.24) is 9.78 Å². The molecule has 0 aliphatic heterocycles. The molecule has 0 saturated carbocycles. The second-order valence-corrected chi connectivity index (χ2v) is 5.62. The van der Waals surface area contributed by atoms with Crippen molar-refractivity contribution < 1.29 is 9.90 Å². The number of fused-ring (bicyclic) bond motifs is 1. The van der Waals surface area contributed by atoms with Gasteiger partial charge in [-0.15, -0.1) is 0 Å². The number of hydrogen-bond donors (Lipinski definition) is 2. The monoisotopic (exact) mass is 265 g/mol. The SMILES string of the molecule is CC(C)c1nn(CC(=O)O)c2c1C(CCN)CCC2. The van der Waals surface area contributed by atoms with E-state index in [9.17, 15) is 4.79 Å². The van der Waals surface area contributed by atoms with E-state index in [2.05, 4.69) is 18.9 Å². The summed E-state index contributed by atoms with van der Waals surface area (Å²) in [7, 11) is 0. The number of aliphatic carboxylic acids is 1. The van der Waals surface area contributed by atoms with Gasteiger partial charge >= 0.3 is 5.97 Å². The number of aromatic nitrogens is 2. The number of nitrogens with two attached hydrogens (primary N) is 1. The summed E-state index contributed by atoms with van der Waals surface area (Å²) in [6.45, 7) is 4.86. The van der Waals surface area contributed by atoms with Gasteiger partial charge in [0.1, 0.15) is 6.54 Å². The summed E-state index contributed by atoms with van der Waals surface area (Å²) in [5.41, 5.74) is 9.18. The van der Waals surface area contributed by atoms with E-state index in [0.29, 0.717) is 18.4 Å². The molecule has 1 atom stereocenters. The summed E-state index contributed by atoms with van der Waals surface area (Å²) in [5.74, 6) is -0.0579. The molecule has 0 amide bonds. The maximum atomic E-state index is 11.0. The van der Waals surface area contributed by atoms with E-state index in [1.54, 1.807) is 4.68 Å². The lowest BCUT2D eigenvalue weighted by molar-refractivity contribution is -0.137. The molecule has 0 fully saturated rings. The normalized spacial score (nSPS) is 18.6. The van der Waals surface area contributed by atoms with Gasteiger partial charge in [0.05, 0.1) is 5.69 Å². The average Bonchev–Trinajstić information content (AvgIpc) is 2.69. The first-order valence-electron chi connectivity index (χ1n) is 7.06. The summed E-state index contributed by atoms with van der Waals surface area (Å²) in [6.07, 6.45) is 4.14. The van der Waals surface area contributed by atoms with Crippen molar-refractivity contribution in [2.45, 2.75) is 57.9 Å². The molecule has 1 aliphatic carbocycles. The number of hydrogen-bond acceptors (Lipinski definition) is 3. The highest BCUT2D eigenvalue weighted by molar-refractivity contribution is 5.66.